The molecular formula is C17H20FNOS. The smallest absolute Gasteiger partial charge is 0.123 e. The molecule has 0 saturated heterocycles. The lowest BCUT2D eigenvalue weighted by Gasteiger charge is -2.14. The minimum atomic E-state index is -0.215. The van der Waals surface area contributed by atoms with Crippen LogP contribution >= 0.6 is 11.8 Å². The third kappa shape index (κ3) is 4.76. The van der Waals surface area contributed by atoms with Gasteiger partial charge in [0.25, 0.3) is 0 Å². The van der Waals surface area contributed by atoms with Gasteiger partial charge in [0.15, 0.2) is 0 Å². The van der Waals surface area contributed by atoms with E-state index in [0.29, 0.717) is 0 Å². The number of hydrogen-bond acceptors (Lipinski definition) is 3. The van der Waals surface area contributed by atoms with E-state index in [1.807, 2.05) is 12.1 Å². The number of hydrogen-bond donors (Lipinski definition) is 1. The molecule has 0 heterocycles. The molecule has 2 aromatic carbocycles. The first kappa shape index (κ1) is 15.9. The molecule has 0 saturated carbocycles. The molecule has 2 N–H and O–H groups in total. The van der Waals surface area contributed by atoms with Crippen molar-refractivity contribution >= 4 is 11.8 Å². The van der Waals surface area contributed by atoms with Gasteiger partial charge in [-0.1, -0.05) is 17.7 Å². The Bertz CT molecular complexity index is 586. The van der Waals surface area contributed by atoms with Crippen LogP contribution in [-0.2, 0) is 6.42 Å². The summed E-state index contributed by atoms with van der Waals surface area (Å²) in [4.78, 5) is 1.03. The van der Waals surface area contributed by atoms with E-state index in [1.165, 1.54) is 17.7 Å². The maximum Gasteiger partial charge on any atom is 0.123 e. The number of methoxy groups -OCH3 is 1. The lowest BCUT2D eigenvalue weighted by atomic mass is 10.0. The van der Waals surface area contributed by atoms with E-state index >= 15 is 0 Å². The average Bonchev–Trinajstić information content (AvgIpc) is 2.47. The maximum absolute atomic E-state index is 12.8. The second kappa shape index (κ2) is 7.48. The summed E-state index contributed by atoms with van der Waals surface area (Å²) >= 11 is 1.64. The number of rotatable bonds is 6. The van der Waals surface area contributed by atoms with Gasteiger partial charge in [-0.05, 0) is 49.2 Å². The van der Waals surface area contributed by atoms with Crippen LogP contribution in [0.2, 0.25) is 0 Å². The summed E-state index contributed by atoms with van der Waals surface area (Å²) in [6, 6.07) is 12.6. The van der Waals surface area contributed by atoms with Crippen LogP contribution in [0.1, 0.15) is 11.1 Å². The minimum Gasteiger partial charge on any atom is -0.496 e. The molecular weight excluding hydrogens is 285 g/mol. The maximum atomic E-state index is 12.8. The molecule has 0 aromatic heterocycles. The summed E-state index contributed by atoms with van der Waals surface area (Å²) in [6.07, 6.45) is 0.763. The average molecular weight is 305 g/mol. The second-order valence-corrected chi connectivity index (χ2v) is 6.14. The van der Waals surface area contributed by atoms with E-state index in [1.54, 1.807) is 31.0 Å². The van der Waals surface area contributed by atoms with Crippen molar-refractivity contribution in [2.24, 2.45) is 5.73 Å². The Morgan fingerprint density at radius 2 is 1.90 bits per heavy atom. The summed E-state index contributed by atoms with van der Waals surface area (Å²) < 4.78 is 18.2. The first-order valence-electron chi connectivity index (χ1n) is 6.86. The number of benzene rings is 2. The molecule has 2 nitrogen and oxygen atoms in total. The molecule has 4 heteroatoms. The lowest BCUT2D eigenvalue weighted by molar-refractivity contribution is 0.408. The van der Waals surface area contributed by atoms with Crippen LogP contribution in [0.4, 0.5) is 4.39 Å². The van der Waals surface area contributed by atoms with Gasteiger partial charge in [-0.25, -0.2) is 4.39 Å². The predicted molar refractivity (Wildman–Crippen MR) is 86.5 cm³/mol. The Morgan fingerprint density at radius 1 is 1.19 bits per heavy atom. The van der Waals surface area contributed by atoms with Crippen LogP contribution in [-0.4, -0.2) is 18.9 Å². The summed E-state index contributed by atoms with van der Waals surface area (Å²) in [5, 5.41) is 0. The van der Waals surface area contributed by atoms with Crippen molar-refractivity contribution in [2.75, 3.05) is 12.9 Å². The highest BCUT2D eigenvalue weighted by Gasteiger charge is 2.10. The summed E-state index contributed by atoms with van der Waals surface area (Å²) in [5.74, 6) is 1.44. The topological polar surface area (TPSA) is 35.2 Å². The normalized spacial score (nSPS) is 12.2. The van der Waals surface area contributed by atoms with Crippen molar-refractivity contribution in [3.8, 4) is 5.75 Å². The molecule has 1 unspecified atom stereocenters. The van der Waals surface area contributed by atoms with Crippen molar-refractivity contribution in [1.29, 1.82) is 0 Å². The van der Waals surface area contributed by atoms with E-state index < -0.39 is 0 Å². The zero-order valence-electron chi connectivity index (χ0n) is 12.3. The molecule has 0 radical (unpaired) electrons. The largest absolute Gasteiger partial charge is 0.496 e. The third-order valence-electron chi connectivity index (χ3n) is 3.20. The van der Waals surface area contributed by atoms with Crippen molar-refractivity contribution < 1.29 is 9.13 Å². The fourth-order valence-electron chi connectivity index (χ4n) is 2.14. The van der Waals surface area contributed by atoms with Gasteiger partial charge in [-0.3, -0.25) is 0 Å². The molecule has 0 spiro atoms. The van der Waals surface area contributed by atoms with Crippen molar-refractivity contribution in [3.05, 3.63) is 59.4 Å². The lowest BCUT2D eigenvalue weighted by Crippen LogP contribution is -2.25. The fraction of sp³-hybridized carbons (Fsp3) is 0.294. The molecule has 0 aliphatic carbocycles. The zero-order chi connectivity index (χ0) is 15.2. The van der Waals surface area contributed by atoms with Gasteiger partial charge in [-0.15, -0.1) is 11.8 Å². The van der Waals surface area contributed by atoms with E-state index in [9.17, 15) is 4.39 Å². The molecule has 21 heavy (non-hydrogen) atoms. The van der Waals surface area contributed by atoms with Crippen LogP contribution in [0.5, 0.6) is 5.75 Å². The van der Waals surface area contributed by atoms with Gasteiger partial charge in [0, 0.05) is 16.7 Å². The number of ether oxygens (including phenoxy) is 1. The van der Waals surface area contributed by atoms with Gasteiger partial charge in [0.1, 0.15) is 11.6 Å². The van der Waals surface area contributed by atoms with Crippen LogP contribution in [0.25, 0.3) is 0 Å². The first-order valence-corrected chi connectivity index (χ1v) is 7.84. The zero-order valence-corrected chi connectivity index (χ0v) is 13.1. The van der Waals surface area contributed by atoms with Crippen LogP contribution < -0.4 is 10.5 Å². The summed E-state index contributed by atoms with van der Waals surface area (Å²) in [7, 11) is 1.67. The van der Waals surface area contributed by atoms with Crippen molar-refractivity contribution in [3.63, 3.8) is 0 Å². The number of halogens is 1. The first-order chi connectivity index (χ1) is 10.1. The van der Waals surface area contributed by atoms with Crippen molar-refractivity contribution in [2.45, 2.75) is 24.3 Å². The van der Waals surface area contributed by atoms with Gasteiger partial charge in [0.2, 0.25) is 0 Å². The highest BCUT2D eigenvalue weighted by molar-refractivity contribution is 7.99. The Balaban J connectivity index is 1.94. The number of nitrogens with two attached hydrogens (primary N) is 1. The van der Waals surface area contributed by atoms with Crippen molar-refractivity contribution in [1.82, 2.24) is 0 Å². The standard InChI is InChI=1S/C17H20FNOS/c1-12-3-8-17(20-2)13(9-12)10-15(19)11-21-16-6-4-14(18)5-7-16/h3-9,15H,10-11,19H2,1-2H3. The molecule has 0 aliphatic heterocycles. The second-order valence-electron chi connectivity index (χ2n) is 5.04. The SMILES string of the molecule is COc1ccc(C)cc1CC(N)CSc1ccc(F)cc1. The predicted octanol–water partition coefficient (Wildman–Crippen LogP) is 3.80. The summed E-state index contributed by atoms with van der Waals surface area (Å²) in [6.45, 7) is 2.06. The van der Waals surface area contributed by atoms with Crippen LogP contribution in [0, 0.1) is 12.7 Å². The molecule has 0 fully saturated rings. The van der Waals surface area contributed by atoms with E-state index in [2.05, 4.69) is 13.0 Å². The van der Waals surface area contributed by atoms with Gasteiger partial charge >= 0.3 is 0 Å². The molecule has 2 rings (SSSR count). The molecule has 0 amide bonds. The fourth-order valence-corrected chi connectivity index (χ4v) is 3.00. The van der Waals surface area contributed by atoms with E-state index in [0.717, 1.165) is 28.4 Å². The Kier molecular flexibility index (Phi) is 5.65. The molecule has 112 valence electrons. The van der Waals surface area contributed by atoms with Crippen LogP contribution in [0.15, 0.2) is 47.4 Å². The Morgan fingerprint density at radius 3 is 2.57 bits per heavy atom. The van der Waals surface area contributed by atoms with Gasteiger partial charge in [-0.2, -0.15) is 0 Å². The highest BCUT2D eigenvalue weighted by Crippen LogP contribution is 2.23. The monoisotopic (exact) mass is 305 g/mol. The van der Waals surface area contributed by atoms with E-state index in [-0.39, 0.29) is 11.9 Å². The van der Waals surface area contributed by atoms with Crippen LogP contribution in [0.3, 0.4) is 0 Å². The Labute approximate surface area is 129 Å². The molecule has 0 aliphatic rings. The molecule has 0 bridgehead atoms. The third-order valence-corrected chi connectivity index (χ3v) is 4.40. The molecule has 2 aromatic rings. The Hall–Kier alpha value is -1.52. The van der Waals surface area contributed by atoms with Gasteiger partial charge < -0.3 is 10.5 Å². The number of thioether (sulfide) groups is 1. The van der Waals surface area contributed by atoms with Gasteiger partial charge in [0.05, 0.1) is 7.11 Å². The quantitative estimate of drug-likeness (QED) is 0.824. The number of aryl methyl sites for hydroxylation is 1. The minimum absolute atomic E-state index is 0.0238. The van der Waals surface area contributed by atoms with E-state index in [4.69, 9.17) is 10.5 Å². The molecule has 1 atom stereocenters. The highest BCUT2D eigenvalue weighted by atomic mass is 32.2. The summed E-state index contributed by atoms with van der Waals surface area (Å²) in [5.41, 5.74) is 8.53.